The summed E-state index contributed by atoms with van der Waals surface area (Å²) >= 11 is 0. The highest BCUT2D eigenvalue weighted by molar-refractivity contribution is 6.33. The summed E-state index contributed by atoms with van der Waals surface area (Å²) in [6.45, 7) is 1.87. The first-order valence-corrected chi connectivity index (χ1v) is 9.81. The molecule has 7 nitrogen and oxygen atoms in total. The van der Waals surface area contributed by atoms with E-state index in [-0.39, 0.29) is 17.4 Å². The fraction of sp³-hybridized carbons (Fsp3) is 0.227. The maximum Gasteiger partial charge on any atom is 0.573 e. The van der Waals surface area contributed by atoms with Crippen LogP contribution in [-0.4, -0.2) is 28.8 Å². The Balaban J connectivity index is 1.59. The van der Waals surface area contributed by atoms with Crippen LogP contribution in [0.5, 0.6) is 5.75 Å². The molecular weight excluding hydrogens is 425 g/mol. The van der Waals surface area contributed by atoms with Crippen molar-refractivity contribution in [2.24, 2.45) is 5.92 Å². The van der Waals surface area contributed by atoms with Crippen LogP contribution in [0.2, 0.25) is 0 Å². The number of nitrogens with zero attached hydrogens (tertiary/aromatic N) is 3. The molecular formula is C22H17F3N4O3. The highest BCUT2D eigenvalue weighted by atomic mass is 19.4. The number of carbonyl (C=O) groups is 2. The molecule has 32 heavy (non-hydrogen) atoms. The predicted molar refractivity (Wildman–Crippen MR) is 111 cm³/mol. The molecule has 1 spiro atoms. The SMILES string of the molecule is CC1CC12C(=O)N(c1ccc(OC(F)(F)F)cc1)C(=O)N2c1cc(N)nc2ccccc12. The molecule has 2 aromatic carbocycles. The molecule has 1 saturated carbocycles. The van der Waals surface area contributed by atoms with Gasteiger partial charge in [-0.2, -0.15) is 0 Å². The molecule has 2 atom stereocenters. The fourth-order valence-electron chi connectivity index (χ4n) is 4.37. The number of para-hydroxylation sites is 1. The third-order valence-corrected chi connectivity index (χ3v) is 5.91. The van der Waals surface area contributed by atoms with Gasteiger partial charge in [0.05, 0.1) is 16.9 Å². The van der Waals surface area contributed by atoms with Crippen LogP contribution >= 0.6 is 0 Å². The van der Waals surface area contributed by atoms with Gasteiger partial charge in [-0.15, -0.1) is 13.2 Å². The van der Waals surface area contributed by atoms with Crippen molar-refractivity contribution in [2.45, 2.75) is 25.2 Å². The predicted octanol–water partition coefficient (Wildman–Crippen LogP) is 4.47. The zero-order valence-electron chi connectivity index (χ0n) is 16.8. The number of alkyl halides is 3. The summed E-state index contributed by atoms with van der Waals surface area (Å²) in [7, 11) is 0. The van der Waals surface area contributed by atoms with Crippen molar-refractivity contribution in [1.29, 1.82) is 0 Å². The topological polar surface area (TPSA) is 88.8 Å². The van der Waals surface area contributed by atoms with Crippen molar-refractivity contribution in [3.8, 4) is 5.75 Å². The van der Waals surface area contributed by atoms with Crippen LogP contribution in [0.25, 0.3) is 10.9 Å². The zero-order chi connectivity index (χ0) is 22.8. The van der Waals surface area contributed by atoms with Crippen molar-refractivity contribution < 1.29 is 27.5 Å². The molecule has 0 bridgehead atoms. The molecule has 0 radical (unpaired) electrons. The van der Waals surface area contributed by atoms with E-state index in [0.717, 1.165) is 17.0 Å². The number of pyridine rings is 1. The lowest BCUT2D eigenvalue weighted by molar-refractivity contribution is -0.274. The minimum Gasteiger partial charge on any atom is -0.406 e. The van der Waals surface area contributed by atoms with E-state index in [1.165, 1.54) is 17.0 Å². The summed E-state index contributed by atoms with van der Waals surface area (Å²) in [4.78, 5) is 33.7. The Labute approximate surface area is 180 Å². The second kappa shape index (κ2) is 6.59. The average molecular weight is 442 g/mol. The number of amides is 3. The van der Waals surface area contributed by atoms with Crippen LogP contribution in [0.3, 0.4) is 0 Å². The van der Waals surface area contributed by atoms with Crippen molar-refractivity contribution >= 4 is 40.0 Å². The number of anilines is 3. The zero-order valence-corrected chi connectivity index (χ0v) is 16.8. The summed E-state index contributed by atoms with van der Waals surface area (Å²) in [6, 6.07) is 12.7. The van der Waals surface area contributed by atoms with Gasteiger partial charge in [0.2, 0.25) is 0 Å². The van der Waals surface area contributed by atoms with Crippen LogP contribution in [0, 0.1) is 5.92 Å². The number of imide groups is 1. The number of hydrogen-bond donors (Lipinski definition) is 1. The number of aromatic nitrogens is 1. The first-order chi connectivity index (χ1) is 15.1. The van der Waals surface area contributed by atoms with Crippen molar-refractivity contribution in [3.05, 3.63) is 54.6 Å². The molecule has 2 aliphatic rings. The van der Waals surface area contributed by atoms with Gasteiger partial charge < -0.3 is 10.5 Å². The Morgan fingerprint density at radius 3 is 2.41 bits per heavy atom. The van der Waals surface area contributed by atoms with Gasteiger partial charge in [0.1, 0.15) is 17.1 Å². The second-order valence-electron chi connectivity index (χ2n) is 7.91. The fourth-order valence-corrected chi connectivity index (χ4v) is 4.37. The number of halogens is 3. The standard InChI is InChI=1S/C22H17F3N4O3/c1-12-11-21(12)19(30)28(13-6-8-14(9-7-13)32-22(23,24)25)20(31)29(21)17-10-18(26)27-16-5-3-2-4-15(16)17/h2-10,12H,11H2,1H3,(H2,26,27). The van der Waals surface area contributed by atoms with Gasteiger partial charge in [-0.1, -0.05) is 25.1 Å². The summed E-state index contributed by atoms with van der Waals surface area (Å²) in [5, 5.41) is 0.664. The molecule has 1 saturated heterocycles. The van der Waals surface area contributed by atoms with Gasteiger partial charge in [-0.3, -0.25) is 9.69 Å². The van der Waals surface area contributed by atoms with E-state index in [0.29, 0.717) is 23.0 Å². The van der Waals surface area contributed by atoms with Crippen molar-refractivity contribution in [3.63, 3.8) is 0 Å². The molecule has 164 valence electrons. The van der Waals surface area contributed by atoms with E-state index in [2.05, 4.69) is 9.72 Å². The number of nitrogen functional groups attached to an aromatic ring is 1. The molecule has 2 unspecified atom stereocenters. The lowest BCUT2D eigenvalue weighted by Crippen LogP contribution is -2.39. The van der Waals surface area contributed by atoms with Crippen LogP contribution in [0.4, 0.5) is 35.2 Å². The highest BCUT2D eigenvalue weighted by Crippen LogP contribution is 2.56. The molecule has 2 fully saturated rings. The Morgan fingerprint density at radius 1 is 1.12 bits per heavy atom. The highest BCUT2D eigenvalue weighted by Gasteiger charge is 2.70. The summed E-state index contributed by atoms with van der Waals surface area (Å²) < 4.78 is 41.2. The van der Waals surface area contributed by atoms with Gasteiger partial charge >= 0.3 is 12.4 Å². The lowest BCUT2D eigenvalue weighted by atomic mass is 10.1. The lowest BCUT2D eigenvalue weighted by Gasteiger charge is -2.24. The number of benzene rings is 2. The van der Waals surface area contributed by atoms with E-state index in [9.17, 15) is 22.8 Å². The van der Waals surface area contributed by atoms with E-state index in [1.807, 2.05) is 6.92 Å². The first-order valence-electron chi connectivity index (χ1n) is 9.81. The van der Waals surface area contributed by atoms with E-state index in [4.69, 9.17) is 5.73 Å². The third kappa shape index (κ3) is 2.94. The van der Waals surface area contributed by atoms with Gasteiger partial charge in [0.15, 0.2) is 0 Å². The summed E-state index contributed by atoms with van der Waals surface area (Å²) in [6.07, 6.45) is -4.38. The number of carbonyl (C=O) groups excluding carboxylic acids is 2. The van der Waals surface area contributed by atoms with Crippen molar-refractivity contribution in [1.82, 2.24) is 4.98 Å². The largest absolute Gasteiger partial charge is 0.573 e. The van der Waals surface area contributed by atoms with E-state index in [1.54, 1.807) is 30.3 Å². The van der Waals surface area contributed by atoms with E-state index < -0.39 is 29.6 Å². The minimum atomic E-state index is -4.84. The van der Waals surface area contributed by atoms with Gasteiger partial charge in [0.25, 0.3) is 5.91 Å². The number of fused-ring (bicyclic) bond motifs is 1. The summed E-state index contributed by atoms with van der Waals surface area (Å²) in [5.74, 6) is -0.780. The maximum absolute atomic E-state index is 13.5. The van der Waals surface area contributed by atoms with Crippen molar-refractivity contribution in [2.75, 3.05) is 15.5 Å². The summed E-state index contributed by atoms with van der Waals surface area (Å²) in [5.41, 5.74) is 6.10. The molecule has 1 aliphatic heterocycles. The Kier molecular flexibility index (Phi) is 4.14. The molecule has 1 aromatic heterocycles. The molecule has 3 aromatic rings. The number of urea groups is 1. The molecule has 2 N–H and O–H groups in total. The van der Waals surface area contributed by atoms with Gasteiger partial charge in [-0.25, -0.2) is 14.7 Å². The molecule has 10 heteroatoms. The van der Waals surface area contributed by atoms with E-state index >= 15 is 0 Å². The van der Waals surface area contributed by atoms with Gasteiger partial charge in [-0.05, 0) is 42.7 Å². The number of ether oxygens (including phenoxy) is 1. The number of hydrogen-bond acceptors (Lipinski definition) is 5. The van der Waals surface area contributed by atoms with Crippen LogP contribution in [-0.2, 0) is 4.79 Å². The molecule has 1 aliphatic carbocycles. The quantitative estimate of drug-likeness (QED) is 0.605. The number of nitrogens with two attached hydrogens (primary N) is 1. The van der Waals surface area contributed by atoms with Crippen LogP contribution in [0.1, 0.15) is 13.3 Å². The van der Waals surface area contributed by atoms with Crippen LogP contribution < -0.4 is 20.3 Å². The Morgan fingerprint density at radius 2 is 1.78 bits per heavy atom. The molecule has 2 heterocycles. The maximum atomic E-state index is 13.5. The minimum absolute atomic E-state index is 0.107. The van der Waals surface area contributed by atoms with Crippen LogP contribution in [0.15, 0.2) is 54.6 Å². The number of rotatable bonds is 3. The first kappa shape index (κ1) is 20.1. The monoisotopic (exact) mass is 442 g/mol. The third-order valence-electron chi connectivity index (χ3n) is 5.91. The molecule has 5 rings (SSSR count). The average Bonchev–Trinajstić information content (AvgIpc) is 3.33. The molecule has 3 amide bonds. The van der Waals surface area contributed by atoms with Gasteiger partial charge in [0, 0.05) is 11.5 Å². The smallest absolute Gasteiger partial charge is 0.406 e. The Bertz CT molecular complexity index is 1260. The second-order valence-corrected chi connectivity index (χ2v) is 7.91. The normalized spacial score (nSPS) is 22.8. The Hall–Kier alpha value is -3.82.